The van der Waals surface area contributed by atoms with Crippen molar-refractivity contribution in [3.8, 4) is 5.75 Å². The Morgan fingerprint density at radius 3 is 2.81 bits per heavy atom. The minimum Gasteiger partial charge on any atom is -0.425 e. The summed E-state index contributed by atoms with van der Waals surface area (Å²) in [6, 6.07) is 7.10. The standard InChI is InChI=1S/C14H18BrNO4S/c1-2-21(18,19)16-9-5-6-11(10-16)14(17)20-13-8-4-3-7-12(13)15/h3-4,7-8,11H,2,5-6,9-10H2,1H3/t11-/m0/s1. The molecule has 1 atom stereocenters. The third-order valence-corrected chi connectivity index (χ3v) is 6.03. The molecule has 116 valence electrons. The van der Waals surface area contributed by atoms with Gasteiger partial charge >= 0.3 is 5.97 Å². The van der Waals surface area contributed by atoms with Crippen molar-refractivity contribution in [3.05, 3.63) is 28.7 Å². The molecule has 1 fully saturated rings. The minimum absolute atomic E-state index is 0.0546. The number of hydrogen-bond donors (Lipinski definition) is 0. The van der Waals surface area contributed by atoms with E-state index in [2.05, 4.69) is 15.9 Å². The van der Waals surface area contributed by atoms with E-state index in [4.69, 9.17) is 4.74 Å². The van der Waals surface area contributed by atoms with E-state index in [1.54, 1.807) is 25.1 Å². The lowest BCUT2D eigenvalue weighted by Gasteiger charge is -2.30. The zero-order chi connectivity index (χ0) is 15.5. The number of sulfonamides is 1. The number of hydrogen-bond acceptors (Lipinski definition) is 4. The van der Waals surface area contributed by atoms with Crippen molar-refractivity contribution >= 4 is 31.9 Å². The first-order chi connectivity index (χ1) is 9.94. The van der Waals surface area contributed by atoms with E-state index in [0.717, 1.165) is 0 Å². The molecule has 5 nitrogen and oxygen atoms in total. The number of ether oxygens (including phenoxy) is 1. The van der Waals surface area contributed by atoms with Gasteiger partial charge in [0, 0.05) is 13.1 Å². The molecule has 0 unspecified atom stereocenters. The molecule has 0 bridgehead atoms. The number of piperidine rings is 1. The highest BCUT2D eigenvalue weighted by Crippen LogP contribution is 2.27. The summed E-state index contributed by atoms with van der Waals surface area (Å²) < 4.78 is 31.3. The van der Waals surface area contributed by atoms with Crippen molar-refractivity contribution in [1.29, 1.82) is 0 Å². The summed E-state index contributed by atoms with van der Waals surface area (Å²) in [7, 11) is -3.25. The summed E-state index contributed by atoms with van der Waals surface area (Å²) >= 11 is 3.32. The second-order valence-corrected chi connectivity index (χ2v) is 8.06. The number of esters is 1. The third kappa shape index (κ3) is 4.05. The van der Waals surface area contributed by atoms with Crippen LogP contribution in [-0.2, 0) is 14.8 Å². The minimum atomic E-state index is -3.25. The van der Waals surface area contributed by atoms with E-state index in [1.807, 2.05) is 6.07 Å². The van der Waals surface area contributed by atoms with Crippen molar-refractivity contribution < 1.29 is 17.9 Å². The summed E-state index contributed by atoms with van der Waals surface area (Å²) in [4.78, 5) is 12.2. The van der Waals surface area contributed by atoms with E-state index >= 15 is 0 Å². The van der Waals surface area contributed by atoms with Gasteiger partial charge in [-0.1, -0.05) is 12.1 Å². The lowest BCUT2D eigenvalue weighted by molar-refractivity contribution is -0.140. The van der Waals surface area contributed by atoms with Gasteiger partial charge in [-0.2, -0.15) is 0 Å². The third-order valence-electron chi connectivity index (χ3n) is 3.52. The summed E-state index contributed by atoms with van der Waals surface area (Å²) in [5.74, 6) is -0.276. The van der Waals surface area contributed by atoms with Gasteiger partial charge in [-0.05, 0) is 47.8 Å². The second-order valence-electron chi connectivity index (χ2n) is 4.95. The molecule has 0 aromatic heterocycles. The SMILES string of the molecule is CCS(=O)(=O)N1CCC[C@H](C(=O)Oc2ccccc2Br)C1. The molecule has 1 aliphatic heterocycles. The number of carbonyl (C=O) groups excluding carboxylic acids is 1. The summed E-state index contributed by atoms with van der Waals surface area (Å²) in [5.41, 5.74) is 0. The van der Waals surface area contributed by atoms with Crippen LogP contribution in [-0.4, -0.2) is 37.5 Å². The molecular weight excluding hydrogens is 358 g/mol. The van der Waals surface area contributed by atoms with Crippen LogP contribution in [0.15, 0.2) is 28.7 Å². The van der Waals surface area contributed by atoms with Gasteiger partial charge in [0.25, 0.3) is 0 Å². The Morgan fingerprint density at radius 2 is 2.14 bits per heavy atom. The number of para-hydroxylation sites is 1. The van der Waals surface area contributed by atoms with Crippen LogP contribution in [0, 0.1) is 5.92 Å². The molecule has 0 saturated carbocycles. The van der Waals surface area contributed by atoms with Crippen LogP contribution < -0.4 is 4.74 Å². The van der Waals surface area contributed by atoms with Gasteiger partial charge in [0.05, 0.1) is 16.1 Å². The van der Waals surface area contributed by atoms with Crippen LogP contribution in [0.3, 0.4) is 0 Å². The number of carbonyl (C=O) groups is 1. The van der Waals surface area contributed by atoms with Gasteiger partial charge in [-0.15, -0.1) is 0 Å². The normalized spacial score (nSPS) is 20.2. The predicted molar refractivity (Wildman–Crippen MR) is 83.5 cm³/mol. The maximum Gasteiger partial charge on any atom is 0.315 e. The largest absolute Gasteiger partial charge is 0.425 e. The first kappa shape index (κ1) is 16.5. The maximum absolute atomic E-state index is 12.2. The highest BCUT2D eigenvalue weighted by Gasteiger charge is 2.32. The molecule has 0 spiro atoms. The highest BCUT2D eigenvalue weighted by molar-refractivity contribution is 9.10. The summed E-state index contributed by atoms with van der Waals surface area (Å²) in [6.07, 6.45) is 1.33. The lowest BCUT2D eigenvalue weighted by Crippen LogP contribution is -2.43. The Balaban J connectivity index is 2.05. The molecule has 0 amide bonds. The Labute approximate surface area is 133 Å². The Kier molecular flexibility index (Phi) is 5.40. The van der Waals surface area contributed by atoms with E-state index < -0.39 is 15.9 Å². The zero-order valence-electron chi connectivity index (χ0n) is 11.8. The first-order valence-electron chi connectivity index (χ1n) is 6.88. The molecule has 0 N–H and O–H groups in total. The van der Waals surface area contributed by atoms with Crippen molar-refractivity contribution in [2.24, 2.45) is 5.92 Å². The van der Waals surface area contributed by atoms with E-state index in [1.165, 1.54) is 4.31 Å². The van der Waals surface area contributed by atoms with Gasteiger partial charge in [-0.3, -0.25) is 4.79 Å². The zero-order valence-corrected chi connectivity index (χ0v) is 14.2. The van der Waals surface area contributed by atoms with Crippen LogP contribution in [0.2, 0.25) is 0 Å². The van der Waals surface area contributed by atoms with Crippen molar-refractivity contribution in [1.82, 2.24) is 4.31 Å². The topological polar surface area (TPSA) is 63.7 Å². The van der Waals surface area contributed by atoms with Crippen molar-refractivity contribution in [2.45, 2.75) is 19.8 Å². The van der Waals surface area contributed by atoms with Crippen LogP contribution in [0.5, 0.6) is 5.75 Å². The fourth-order valence-electron chi connectivity index (χ4n) is 2.29. The van der Waals surface area contributed by atoms with Crippen LogP contribution in [0.1, 0.15) is 19.8 Å². The number of rotatable bonds is 4. The lowest BCUT2D eigenvalue weighted by atomic mass is 10.00. The fraction of sp³-hybridized carbons (Fsp3) is 0.500. The summed E-state index contributed by atoms with van der Waals surface area (Å²) in [5, 5.41) is 0. The van der Waals surface area contributed by atoms with Gasteiger partial charge in [-0.25, -0.2) is 12.7 Å². The second kappa shape index (κ2) is 6.89. The number of halogens is 1. The highest BCUT2D eigenvalue weighted by atomic mass is 79.9. The molecule has 0 radical (unpaired) electrons. The van der Waals surface area contributed by atoms with Crippen molar-refractivity contribution in [3.63, 3.8) is 0 Å². The molecule has 1 aromatic rings. The van der Waals surface area contributed by atoms with Gasteiger partial charge in [0.1, 0.15) is 5.75 Å². The molecule has 1 saturated heterocycles. The predicted octanol–water partition coefficient (Wildman–Crippen LogP) is 2.42. The molecule has 2 rings (SSSR count). The van der Waals surface area contributed by atoms with Gasteiger partial charge in [0.2, 0.25) is 10.0 Å². The van der Waals surface area contributed by atoms with E-state index in [9.17, 15) is 13.2 Å². The molecule has 21 heavy (non-hydrogen) atoms. The molecule has 1 aromatic carbocycles. The molecular formula is C14H18BrNO4S. The first-order valence-corrected chi connectivity index (χ1v) is 9.28. The monoisotopic (exact) mass is 375 g/mol. The number of nitrogens with zero attached hydrogens (tertiary/aromatic N) is 1. The molecule has 1 heterocycles. The Bertz CT molecular complexity index is 617. The molecule has 0 aliphatic carbocycles. The number of benzene rings is 1. The summed E-state index contributed by atoms with van der Waals surface area (Å²) in [6.45, 7) is 2.30. The Morgan fingerprint density at radius 1 is 1.43 bits per heavy atom. The Hall–Kier alpha value is -0.920. The van der Waals surface area contributed by atoms with Gasteiger partial charge < -0.3 is 4.74 Å². The van der Waals surface area contributed by atoms with E-state index in [0.29, 0.717) is 29.6 Å². The van der Waals surface area contributed by atoms with E-state index in [-0.39, 0.29) is 18.3 Å². The average Bonchev–Trinajstić information content (AvgIpc) is 2.49. The van der Waals surface area contributed by atoms with Crippen LogP contribution >= 0.6 is 15.9 Å². The van der Waals surface area contributed by atoms with Crippen LogP contribution in [0.25, 0.3) is 0 Å². The van der Waals surface area contributed by atoms with Crippen molar-refractivity contribution in [2.75, 3.05) is 18.8 Å². The average molecular weight is 376 g/mol. The quantitative estimate of drug-likeness (QED) is 0.598. The molecule has 1 aliphatic rings. The smallest absolute Gasteiger partial charge is 0.315 e. The van der Waals surface area contributed by atoms with Gasteiger partial charge in [0.15, 0.2) is 0 Å². The molecule has 7 heteroatoms. The van der Waals surface area contributed by atoms with Crippen LogP contribution in [0.4, 0.5) is 0 Å². The maximum atomic E-state index is 12.2. The fourth-order valence-corrected chi connectivity index (χ4v) is 3.83.